The third kappa shape index (κ3) is 5.87. The van der Waals surface area contributed by atoms with Crippen LogP contribution < -0.4 is 10.9 Å². The maximum atomic E-state index is 12.2. The zero-order chi connectivity index (χ0) is 20.5. The normalized spacial score (nSPS) is 10.4. The lowest BCUT2D eigenvalue weighted by Crippen LogP contribution is -2.25. The maximum absolute atomic E-state index is 12.2. The zero-order valence-corrected chi connectivity index (χ0v) is 15.9. The number of carbonyl (C=O) groups is 3. The van der Waals surface area contributed by atoms with E-state index in [0.29, 0.717) is 30.6 Å². The summed E-state index contributed by atoms with van der Waals surface area (Å²) in [5.41, 5.74) is 0.606. The summed E-state index contributed by atoms with van der Waals surface area (Å²) in [7, 11) is 0. The van der Waals surface area contributed by atoms with Gasteiger partial charge in [0.15, 0.2) is 18.1 Å². The van der Waals surface area contributed by atoms with E-state index in [4.69, 9.17) is 4.74 Å². The molecule has 1 heterocycles. The molecule has 0 spiro atoms. The molecule has 8 nitrogen and oxygen atoms in total. The molecule has 2 aromatic rings. The van der Waals surface area contributed by atoms with E-state index in [9.17, 15) is 19.2 Å². The molecule has 1 amide bonds. The van der Waals surface area contributed by atoms with Gasteiger partial charge in [0.05, 0.1) is 0 Å². The number of nitrogens with zero attached hydrogens (tertiary/aromatic N) is 2. The fraction of sp³-hybridized carbons (Fsp3) is 0.350. The number of rotatable bonds is 9. The van der Waals surface area contributed by atoms with Crippen molar-refractivity contribution in [3.63, 3.8) is 0 Å². The van der Waals surface area contributed by atoms with Gasteiger partial charge in [-0.15, -0.1) is 0 Å². The first kappa shape index (κ1) is 21.0. The molecule has 28 heavy (non-hydrogen) atoms. The van der Waals surface area contributed by atoms with Gasteiger partial charge in [-0.25, -0.2) is 9.48 Å². The molecule has 148 valence electrons. The number of aryl methyl sites for hydroxylation is 1. The molecule has 0 aliphatic heterocycles. The van der Waals surface area contributed by atoms with Crippen molar-refractivity contribution >= 4 is 23.3 Å². The molecule has 0 saturated carbocycles. The highest BCUT2D eigenvalue weighted by Crippen LogP contribution is 2.11. The molecule has 0 radical (unpaired) electrons. The Morgan fingerprint density at radius 2 is 1.75 bits per heavy atom. The molecule has 1 N–H and O–H groups in total. The van der Waals surface area contributed by atoms with Crippen molar-refractivity contribution in [2.45, 2.75) is 39.7 Å². The third-order valence-corrected chi connectivity index (χ3v) is 3.81. The van der Waals surface area contributed by atoms with Crippen molar-refractivity contribution in [1.82, 2.24) is 9.78 Å². The first-order chi connectivity index (χ1) is 13.4. The highest BCUT2D eigenvalue weighted by atomic mass is 16.5. The smallest absolute Gasteiger partial charge is 0.359 e. The van der Waals surface area contributed by atoms with Crippen LogP contribution in [-0.2, 0) is 16.1 Å². The Morgan fingerprint density at radius 1 is 1.04 bits per heavy atom. The van der Waals surface area contributed by atoms with Gasteiger partial charge in [0.1, 0.15) is 0 Å². The second kappa shape index (κ2) is 10.1. The van der Waals surface area contributed by atoms with Gasteiger partial charge >= 0.3 is 5.97 Å². The number of hydrogen-bond acceptors (Lipinski definition) is 6. The Bertz CT molecular complexity index is 903. The summed E-state index contributed by atoms with van der Waals surface area (Å²) in [4.78, 5) is 47.5. The molecule has 0 saturated heterocycles. The number of aromatic nitrogens is 2. The first-order valence-electron chi connectivity index (χ1n) is 9.13. The van der Waals surface area contributed by atoms with Gasteiger partial charge in [0, 0.05) is 30.3 Å². The molecule has 1 aromatic carbocycles. The number of Topliss-reactive ketones (excluding diaryl/α,β-unsaturated/α-hetero) is 1. The number of esters is 1. The number of nitrogens with one attached hydrogen (secondary N) is 1. The molecular formula is C20H23N3O5. The summed E-state index contributed by atoms with van der Waals surface area (Å²) >= 11 is 0. The molecule has 0 aliphatic rings. The molecule has 0 atom stereocenters. The van der Waals surface area contributed by atoms with E-state index in [0.717, 1.165) is 6.42 Å². The average Bonchev–Trinajstić information content (AvgIpc) is 2.68. The van der Waals surface area contributed by atoms with Crippen molar-refractivity contribution in [3.8, 4) is 0 Å². The molecule has 0 fully saturated rings. The van der Waals surface area contributed by atoms with Gasteiger partial charge < -0.3 is 10.1 Å². The Kier molecular flexibility index (Phi) is 7.62. The fourth-order valence-electron chi connectivity index (χ4n) is 2.41. The number of benzene rings is 1. The second-order valence-corrected chi connectivity index (χ2v) is 6.15. The van der Waals surface area contributed by atoms with Crippen molar-refractivity contribution in [2.24, 2.45) is 0 Å². The highest BCUT2D eigenvalue weighted by Gasteiger charge is 2.14. The number of anilines is 1. The summed E-state index contributed by atoms with van der Waals surface area (Å²) in [6, 6.07) is 8.85. The van der Waals surface area contributed by atoms with E-state index < -0.39 is 12.6 Å². The van der Waals surface area contributed by atoms with Gasteiger partial charge in [-0.2, -0.15) is 5.10 Å². The monoisotopic (exact) mass is 385 g/mol. The summed E-state index contributed by atoms with van der Waals surface area (Å²) in [5, 5.41) is 6.67. The van der Waals surface area contributed by atoms with Crippen LogP contribution in [0.1, 0.15) is 54.0 Å². The van der Waals surface area contributed by atoms with E-state index in [2.05, 4.69) is 10.4 Å². The molecule has 2 rings (SSSR count). The van der Waals surface area contributed by atoms with Crippen LogP contribution in [0.3, 0.4) is 0 Å². The van der Waals surface area contributed by atoms with Crippen LogP contribution in [0.2, 0.25) is 0 Å². The van der Waals surface area contributed by atoms with Gasteiger partial charge in [-0.05, 0) is 43.2 Å². The van der Waals surface area contributed by atoms with Crippen LogP contribution in [0, 0.1) is 0 Å². The number of hydrogen-bond donors (Lipinski definition) is 1. The quantitative estimate of drug-likeness (QED) is 0.525. The molecular weight excluding hydrogens is 362 g/mol. The topological polar surface area (TPSA) is 107 Å². The molecule has 1 aromatic heterocycles. The maximum Gasteiger partial charge on any atom is 0.359 e. The predicted octanol–water partition coefficient (Wildman–Crippen LogP) is 2.43. The molecule has 0 aliphatic carbocycles. The summed E-state index contributed by atoms with van der Waals surface area (Å²) < 4.78 is 6.19. The Morgan fingerprint density at radius 3 is 2.39 bits per heavy atom. The number of ether oxygens (including phenoxy) is 1. The van der Waals surface area contributed by atoms with E-state index in [-0.39, 0.29) is 22.9 Å². The lowest BCUT2D eigenvalue weighted by molar-refractivity contribution is -0.116. The summed E-state index contributed by atoms with van der Waals surface area (Å²) in [6.07, 6.45) is 1.87. The third-order valence-electron chi connectivity index (χ3n) is 3.81. The van der Waals surface area contributed by atoms with E-state index in [1.807, 2.05) is 13.8 Å². The van der Waals surface area contributed by atoms with Gasteiger partial charge in [-0.3, -0.25) is 14.4 Å². The minimum absolute atomic E-state index is 0.0326. The van der Waals surface area contributed by atoms with Crippen molar-refractivity contribution in [3.05, 3.63) is 58.0 Å². The minimum atomic E-state index is -0.776. The largest absolute Gasteiger partial charge is 0.453 e. The SMILES string of the molecule is CCCC(=O)Nc1ccc(C(=O)COC(=O)c2ccc(=O)n(CCC)n2)cc1. The molecule has 8 heteroatoms. The van der Waals surface area contributed by atoms with Crippen molar-refractivity contribution < 1.29 is 19.1 Å². The Hall–Kier alpha value is -3.29. The number of carbonyl (C=O) groups excluding carboxylic acids is 3. The van der Waals surface area contributed by atoms with E-state index in [1.54, 1.807) is 24.3 Å². The Labute approximate surface area is 162 Å². The lowest BCUT2D eigenvalue weighted by atomic mass is 10.1. The van der Waals surface area contributed by atoms with Crippen LogP contribution in [0.25, 0.3) is 0 Å². The number of amides is 1. The summed E-state index contributed by atoms with van der Waals surface area (Å²) in [6.45, 7) is 3.74. The van der Waals surface area contributed by atoms with Gasteiger partial charge in [0.2, 0.25) is 5.91 Å². The molecule has 0 bridgehead atoms. The Balaban J connectivity index is 1.94. The highest BCUT2D eigenvalue weighted by molar-refractivity contribution is 5.99. The predicted molar refractivity (Wildman–Crippen MR) is 103 cm³/mol. The fourth-order valence-corrected chi connectivity index (χ4v) is 2.41. The van der Waals surface area contributed by atoms with E-state index >= 15 is 0 Å². The zero-order valence-electron chi connectivity index (χ0n) is 15.9. The van der Waals surface area contributed by atoms with Crippen LogP contribution >= 0.6 is 0 Å². The second-order valence-electron chi connectivity index (χ2n) is 6.15. The van der Waals surface area contributed by atoms with Gasteiger partial charge in [0.25, 0.3) is 5.56 Å². The van der Waals surface area contributed by atoms with Crippen molar-refractivity contribution in [1.29, 1.82) is 0 Å². The standard InChI is InChI=1S/C20H23N3O5/c1-3-5-18(25)21-15-8-6-14(7-9-15)17(24)13-28-20(27)16-10-11-19(26)23(22-16)12-4-2/h6-11H,3-5,12-13H2,1-2H3,(H,21,25). The minimum Gasteiger partial charge on any atom is -0.453 e. The van der Waals surface area contributed by atoms with Crippen molar-refractivity contribution in [2.75, 3.05) is 11.9 Å². The summed E-state index contributed by atoms with van der Waals surface area (Å²) in [5.74, 6) is -1.25. The van der Waals surface area contributed by atoms with Crippen LogP contribution in [0.15, 0.2) is 41.2 Å². The first-order valence-corrected chi connectivity index (χ1v) is 9.13. The molecule has 0 unspecified atom stereocenters. The van der Waals surface area contributed by atoms with Crippen LogP contribution in [-0.4, -0.2) is 34.0 Å². The van der Waals surface area contributed by atoms with Crippen LogP contribution in [0.4, 0.5) is 5.69 Å². The van der Waals surface area contributed by atoms with Gasteiger partial charge in [-0.1, -0.05) is 13.8 Å². The van der Waals surface area contributed by atoms with E-state index in [1.165, 1.54) is 16.8 Å². The number of ketones is 1. The van der Waals surface area contributed by atoms with Crippen LogP contribution in [0.5, 0.6) is 0 Å². The lowest BCUT2D eigenvalue weighted by Gasteiger charge is -2.07. The average molecular weight is 385 g/mol.